The summed E-state index contributed by atoms with van der Waals surface area (Å²) in [4.78, 5) is 6.10. The van der Waals surface area contributed by atoms with E-state index in [4.69, 9.17) is 4.99 Å². The van der Waals surface area contributed by atoms with Crippen LogP contribution in [0.25, 0.3) is 0 Å². The van der Waals surface area contributed by atoms with Gasteiger partial charge in [0.1, 0.15) is 0 Å². The van der Waals surface area contributed by atoms with E-state index in [1.165, 1.54) is 15.4 Å². The molecule has 0 bridgehead atoms. The molecular weight excluding hydrogens is 293 g/mol. The normalized spacial score (nSPS) is 12.1. The van der Waals surface area contributed by atoms with Gasteiger partial charge in [0.05, 0.1) is 4.78 Å². The van der Waals surface area contributed by atoms with Crippen LogP contribution >= 0.6 is 19.7 Å². The molecule has 3 heteroatoms. The Morgan fingerprint density at radius 1 is 0.952 bits per heavy atom. The largest absolute Gasteiger partial charge is 0.278 e. The fourth-order valence-electron chi connectivity index (χ4n) is 2.03. The van der Waals surface area contributed by atoms with Gasteiger partial charge in [-0.15, -0.1) is 11.8 Å². The first kappa shape index (κ1) is 16.3. The molecule has 0 saturated carbocycles. The van der Waals surface area contributed by atoms with Crippen molar-refractivity contribution in [2.45, 2.75) is 26.0 Å². The molecule has 0 aliphatic heterocycles. The van der Waals surface area contributed by atoms with Crippen molar-refractivity contribution in [2.24, 2.45) is 4.99 Å². The summed E-state index contributed by atoms with van der Waals surface area (Å²) in [7, 11) is -0.540. The molecule has 2 aromatic rings. The minimum absolute atomic E-state index is 0.540. The molecule has 0 aliphatic rings. The van der Waals surface area contributed by atoms with E-state index in [1.54, 1.807) is 0 Å². The molecule has 2 rings (SSSR count). The molecule has 0 amide bonds. The number of rotatable bonds is 5. The molecule has 2 aromatic carbocycles. The number of aliphatic imine (C=N–C) groups is 1. The zero-order valence-corrected chi connectivity index (χ0v) is 14.6. The number of thioether (sulfide) groups is 1. The molecule has 0 aromatic heterocycles. The lowest BCUT2D eigenvalue weighted by atomic mass is 10.4. The highest BCUT2D eigenvalue weighted by molar-refractivity contribution is 8.28. The van der Waals surface area contributed by atoms with E-state index in [1.807, 2.05) is 11.8 Å². The number of hydrogen-bond acceptors (Lipinski definition) is 2. The van der Waals surface area contributed by atoms with Crippen LogP contribution in [0.2, 0.25) is 0 Å². The summed E-state index contributed by atoms with van der Waals surface area (Å²) in [5.41, 5.74) is 0. The van der Waals surface area contributed by atoms with Crippen LogP contribution in [0.15, 0.2) is 65.7 Å². The second-order valence-corrected chi connectivity index (χ2v) is 8.93. The summed E-state index contributed by atoms with van der Waals surface area (Å²) in [5.74, 6) is 0. The Balaban J connectivity index is 2.47. The number of hydrogen-bond donors (Lipinski definition) is 0. The molecule has 0 spiro atoms. The van der Waals surface area contributed by atoms with Gasteiger partial charge in [-0.1, -0.05) is 74.5 Å². The predicted molar refractivity (Wildman–Crippen MR) is 99.8 cm³/mol. The van der Waals surface area contributed by atoms with Gasteiger partial charge in [-0.3, -0.25) is 4.99 Å². The van der Waals surface area contributed by atoms with Crippen LogP contribution in [0.5, 0.6) is 0 Å². The van der Waals surface area contributed by atoms with Gasteiger partial charge in [0, 0.05) is 19.7 Å². The van der Waals surface area contributed by atoms with Gasteiger partial charge >= 0.3 is 0 Å². The second kappa shape index (κ2) is 8.36. The zero-order valence-electron chi connectivity index (χ0n) is 12.9. The Morgan fingerprint density at radius 2 is 1.43 bits per heavy atom. The Morgan fingerprint density at radius 3 is 1.81 bits per heavy atom. The van der Waals surface area contributed by atoms with E-state index in [0.29, 0.717) is 5.25 Å². The van der Waals surface area contributed by atoms with E-state index in [2.05, 4.69) is 81.4 Å². The summed E-state index contributed by atoms with van der Waals surface area (Å²) in [6.45, 7) is 7.43. The van der Waals surface area contributed by atoms with Crippen LogP contribution in [-0.2, 0) is 0 Å². The molecule has 0 saturated heterocycles. The molecule has 0 aliphatic carbocycles. The third-order valence-corrected chi connectivity index (χ3v) is 6.68. The van der Waals surface area contributed by atoms with Crippen LogP contribution < -0.4 is 10.6 Å². The first-order valence-electron chi connectivity index (χ1n) is 7.33. The fraction of sp³-hybridized carbons (Fsp3) is 0.278. The number of nitrogens with zero attached hydrogens (tertiary/aromatic N) is 1. The summed E-state index contributed by atoms with van der Waals surface area (Å²) in [5, 5.41) is 3.30. The summed E-state index contributed by atoms with van der Waals surface area (Å²) >= 11 is 1.90. The van der Waals surface area contributed by atoms with Crippen LogP contribution in [0.4, 0.5) is 0 Å². The van der Waals surface area contributed by atoms with Gasteiger partial charge in [0.15, 0.2) is 0 Å². The van der Waals surface area contributed by atoms with Crippen molar-refractivity contribution >= 4 is 35.1 Å². The quantitative estimate of drug-likeness (QED) is 0.445. The summed E-state index contributed by atoms with van der Waals surface area (Å²) < 4.78 is 0. The molecule has 0 unspecified atom stereocenters. The van der Waals surface area contributed by atoms with E-state index in [9.17, 15) is 0 Å². The smallest absolute Gasteiger partial charge is 0.0993 e. The minimum Gasteiger partial charge on any atom is -0.278 e. The van der Waals surface area contributed by atoms with Crippen LogP contribution in [-0.4, -0.2) is 16.6 Å². The van der Waals surface area contributed by atoms with Gasteiger partial charge < -0.3 is 0 Å². The SMILES string of the molecule is CC/N=C(\SC(C)C)P(c1ccccc1)c1ccccc1. The predicted octanol–water partition coefficient (Wildman–Crippen LogP) is 4.64. The average molecular weight is 315 g/mol. The van der Waals surface area contributed by atoms with Crippen molar-refractivity contribution in [3.8, 4) is 0 Å². The van der Waals surface area contributed by atoms with Crippen molar-refractivity contribution in [3.63, 3.8) is 0 Å². The zero-order chi connectivity index (χ0) is 15.1. The van der Waals surface area contributed by atoms with Gasteiger partial charge in [-0.25, -0.2) is 0 Å². The topological polar surface area (TPSA) is 12.4 Å². The van der Waals surface area contributed by atoms with E-state index >= 15 is 0 Å². The molecular formula is C18H22NPS. The second-order valence-electron chi connectivity index (χ2n) is 4.93. The Labute approximate surface area is 133 Å². The Kier molecular flexibility index (Phi) is 6.48. The first-order valence-corrected chi connectivity index (χ1v) is 9.55. The van der Waals surface area contributed by atoms with Crippen molar-refractivity contribution < 1.29 is 0 Å². The minimum atomic E-state index is -0.540. The van der Waals surface area contributed by atoms with E-state index in [0.717, 1.165) is 6.54 Å². The van der Waals surface area contributed by atoms with Crippen LogP contribution in [0.1, 0.15) is 20.8 Å². The molecule has 0 radical (unpaired) electrons. The maximum atomic E-state index is 4.83. The molecule has 110 valence electrons. The van der Waals surface area contributed by atoms with Gasteiger partial charge in [0.25, 0.3) is 0 Å². The highest BCUT2D eigenvalue weighted by Crippen LogP contribution is 2.41. The lowest BCUT2D eigenvalue weighted by Crippen LogP contribution is -2.17. The molecule has 21 heavy (non-hydrogen) atoms. The van der Waals surface area contributed by atoms with Crippen molar-refractivity contribution in [1.29, 1.82) is 0 Å². The van der Waals surface area contributed by atoms with Gasteiger partial charge in [-0.2, -0.15) is 0 Å². The van der Waals surface area contributed by atoms with E-state index in [-0.39, 0.29) is 0 Å². The number of benzene rings is 2. The van der Waals surface area contributed by atoms with Crippen LogP contribution in [0, 0.1) is 0 Å². The van der Waals surface area contributed by atoms with Crippen LogP contribution in [0.3, 0.4) is 0 Å². The van der Waals surface area contributed by atoms with Crippen molar-refractivity contribution in [1.82, 2.24) is 0 Å². The first-order chi connectivity index (χ1) is 10.2. The monoisotopic (exact) mass is 315 g/mol. The standard InChI is InChI=1S/C18H22NPS/c1-4-19-18(21-15(2)3)20(16-11-7-5-8-12-16)17-13-9-6-10-14-17/h5-15H,4H2,1-3H3/b19-18-. The van der Waals surface area contributed by atoms with E-state index < -0.39 is 7.92 Å². The van der Waals surface area contributed by atoms with Gasteiger partial charge in [0.2, 0.25) is 0 Å². The molecule has 0 atom stereocenters. The van der Waals surface area contributed by atoms with Crippen molar-refractivity contribution in [2.75, 3.05) is 6.54 Å². The lowest BCUT2D eigenvalue weighted by Gasteiger charge is -2.21. The maximum Gasteiger partial charge on any atom is 0.0993 e. The molecule has 0 fully saturated rings. The highest BCUT2D eigenvalue weighted by atomic mass is 32.2. The third kappa shape index (κ3) is 4.69. The average Bonchev–Trinajstić information content (AvgIpc) is 2.49. The maximum absolute atomic E-state index is 4.83. The Bertz CT molecular complexity index is 527. The summed E-state index contributed by atoms with van der Waals surface area (Å²) in [6.07, 6.45) is 0. The molecule has 0 heterocycles. The Hall–Kier alpha value is -1.11. The third-order valence-electron chi connectivity index (χ3n) is 2.85. The van der Waals surface area contributed by atoms with Gasteiger partial charge in [-0.05, 0) is 17.5 Å². The molecule has 1 nitrogen and oxygen atoms in total. The van der Waals surface area contributed by atoms with Crippen molar-refractivity contribution in [3.05, 3.63) is 60.7 Å². The lowest BCUT2D eigenvalue weighted by molar-refractivity contribution is 1.12. The highest BCUT2D eigenvalue weighted by Gasteiger charge is 2.21. The summed E-state index contributed by atoms with van der Waals surface area (Å²) in [6, 6.07) is 21.6. The fourth-order valence-corrected chi connectivity index (χ4v) is 6.31. The molecule has 0 N–H and O–H groups in total.